The summed E-state index contributed by atoms with van der Waals surface area (Å²) in [5.74, 6) is -0.909. The third-order valence-electron chi connectivity index (χ3n) is 3.89. The first kappa shape index (κ1) is 22.4. The second kappa shape index (κ2) is 9.51. The zero-order valence-corrected chi connectivity index (χ0v) is 18.1. The number of hydrogen-bond acceptors (Lipinski definition) is 6. The molecule has 1 heterocycles. The molecule has 7 nitrogen and oxygen atoms in total. The van der Waals surface area contributed by atoms with Crippen molar-refractivity contribution in [3.8, 4) is 0 Å². The molecule has 1 aromatic carbocycles. The van der Waals surface area contributed by atoms with E-state index in [9.17, 15) is 18.0 Å². The third-order valence-corrected chi connectivity index (χ3v) is 6.74. The fraction of sp³-hybridized carbons (Fsp3) is 0.333. The van der Waals surface area contributed by atoms with Gasteiger partial charge in [-0.3, -0.25) is 4.79 Å². The molecule has 10 heteroatoms. The van der Waals surface area contributed by atoms with Gasteiger partial charge in [-0.1, -0.05) is 11.6 Å². The molecule has 28 heavy (non-hydrogen) atoms. The molecule has 2 N–H and O–H groups in total. The van der Waals surface area contributed by atoms with E-state index in [0.29, 0.717) is 15.6 Å². The van der Waals surface area contributed by atoms with Gasteiger partial charge in [0.1, 0.15) is 5.00 Å². The van der Waals surface area contributed by atoms with Gasteiger partial charge in [-0.25, -0.2) is 17.9 Å². The van der Waals surface area contributed by atoms with E-state index in [1.807, 2.05) is 6.92 Å². The van der Waals surface area contributed by atoms with Crippen molar-refractivity contribution >= 4 is 49.8 Å². The summed E-state index contributed by atoms with van der Waals surface area (Å²) < 4.78 is 31.8. The Hall–Kier alpha value is -1.94. The number of nitrogens with one attached hydrogen (secondary N) is 2. The number of amides is 1. The number of ether oxygens (including phenoxy) is 1. The van der Waals surface area contributed by atoms with Crippen molar-refractivity contribution in [2.45, 2.75) is 32.1 Å². The summed E-state index contributed by atoms with van der Waals surface area (Å²) in [6.07, 6.45) is -0.0922. The van der Waals surface area contributed by atoms with Crippen molar-refractivity contribution in [2.75, 3.05) is 18.5 Å². The van der Waals surface area contributed by atoms with Crippen molar-refractivity contribution in [2.24, 2.45) is 0 Å². The molecular formula is C18H21ClN2O5S2. The summed E-state index contributed by atoms with van der Waals surface area (Å²) in [5.41, 5.74) is 1.08. The number of benzene rings is 1. The predicted octanol–water partition coefficient (Wildman–Crippen LogP) is 3.50. The van der Waals surface area contributed by atoms with E-state index < -0.39 is 21.9 Å². The molecule has 0 bridgehead atoms. The molecule has 0 unspecified atom stereocenters. The van der Waals surface area contributed by atoms with E-state index in [2.05, 4.69) is 10.0 Å². The maximum absolute atomic E-state index is 12.2. The normalized spacial score (nSPS) is 11.3. The van der Waals surface area contributed by atoms with Crippen LogP contribution in [0.4, 0.5) is 5.00 Å². The number of aryl methyl sites for hydroxylation is 1. The number of sulfonamides is 1. The van der Waals surface area contributed by atoms with Crippen molar-refractivity contribution in [3.05, 3.63) is 45.3 Å². The Morgan fingerprint density at radius 1 is 1.18 bits per heavy atom. The fourth-order valence-electron chi connectivity index (χ4n) is 2.35. The molecule has 0 saturated heterocycles. The number of halogens is 1. The SMILES string of the molecule is CCOC(=O)c1c(NC(=O)CCNS(=O)(=O)c2ccc(Cl)cc2)sc(C)c1C. The van der Waals surface area contributed by atoms with E-state index in [1.165, 1.54) is 35.6 Å². The highest BCUT2D eigenvalue weighted by Crippen LogP contribution is 2.33. The van der Waals surface area contributed by atoms with Crippen molar-refractivity contribution in [1.29, 1.82) is 0 Å². The Bertz CT molecular complexity index is 969. The first-order valence-corrected chi connectivity index (χ1v) is 11.2. The van der Waals surface area contributed by atoms with Crippen molar-refractivity contribution in [3.63, 3.8) is 0 Å². The van der Waals surface area contributed by atoms with Gasteiger partial charge in [-0.15, -0.1) is 11.3 Å². The van der Waals surface area contributed by atoms with Gasteiger partial charge in [0, 0.05) is 22.9 Å². The molecule has 0 aliphatic heterocycles. The molecule has 1 aromatic heterocycles. The first-order chi connectivity index (χ1) is 13.2. The summed E-state index contributed by atoms with van der Waals surface area (Å²) in [6, 6.07) is 5.71. The van der Waals surface area contributed by atoms with Crippen LogP contribution in [0.25, 0.3) is 0 Å². The minimum atomic E-state index is -3.74. The molecule has 0 spiro atoms. The smallest absolute Gasteiger partial charge is 0.341 e. The summed E-state index contributed by atoms with van der Waals surface area (Å²) in [4.78, 5) is 25.3. The maximum atomic E-state index is 12.2. The summed E-state index contributed by atoms with van der Waals surface area (Å²) in [5, 5.41) is 3.50. The quantitative estimate of drug-likeness (QED) is 0.606. The highest BCUT2D eigenvalue weighted by molar-refractivity contribution is 7.89. The molecule has 0 fully saturated rings. The van der Waals surface area contributed by atoms with Crippen molar-refractivity contribution < 1.29 is 22.7 Å². The van der Waals surface area contributed by atoms with Gasteiger partial charge in [0.15, 0.2) is 0 Å². The number of hydrogen-bond donors (Lipinski definition) is 2. The van der Waals surface area contributed by atoms with E-state index >= 15 is 0 Å². The van der Waals surface area contributed by atoms with E-state index in [4.69, 9.17) is 16.3 Å². The third kappa shape index (κ3) is 5.54. The Morgan fingerprint density at radius 2 is 1.82 bits per heavy atom. The van der Waals surface area contributed by atoms with Crippen molar-refractivity contribution in [1.82, 2.24) is 4.72 Å². The monoisotopic (exact) mass is 444 g/mol. The van der Waals surface area contributed by atoms with Crippen LogP contribution in [0.5, 0.6) is 0 Å². The van der Waals surface area contributed by atoms with Crippen LogP contribution >= 0.6 is 22.9 Å². The van der Waals surface area contributed by atoms with Crippen LogP contribution in [0, 0.1) is 13.8 Å². The van der Waals surface area contributed by atoms with Gasteiger partial charge < -0.3 is 10.1 Å². The van der Waals surface area contributed by atoms with E-state index in [1.54, 1.807) is 13.8 Å². The topological polar surface area (TPSA) is 102 Å². The Labute approximate surface area is 173 Å². The lowest BCUT2D eigenvalue weighted by Crippen LogP contribution is -2.28. The summed E-state index contributed by atoms with van der Waals surface area (Å²) >= 11 is 7.03. The standard InChI is InChI=1S/C18H21ClN2O5S2/c1-4-26-18(23)16-11(2)12(3)27-17(16)21-15(22)9-10-20-28(24,25)14-7-5-13(19)6-8-14/h5-8,20H,4,9-10H2,1-3H3,(H,21,22). The highest BCUT2D eigenvalue weighted by Gasteiger charge is 2.22. The second-order valence-electron chi connectivity index (χ2n) is 5.86. The van der Waals surface area contributed by atoms with Crippen LogP contribution in [0.15, 0.2) is 29.2 Å². The second-order valence-corrected chi connectivity index (χ2v) is 9.29. The van der Waals surface area contributed by atoms with Gasteiger partial charge >= 0.3 is 5.97 Å². The summed E-state index contributed by atoms with van der Waals surface area (Å²) in [6.45, 7) is 5.48. The Kier molecular flexibility index (Phi) is 7.59. The predicted molar refractivity (Wildman–Crippen MR) is 110 cm³/mol. The molecule has 1 amide bonds. The number of carbonyl (C=O) groups excluding carboxylic acids is 2. The number of carbonyl (C=O) groups is 2. The van der Waals surface area contributed by atoms with Gasteiger partial charge in [-0.2, -0.15) is 0 Å². The Balaban J connectivity index is 1.99. The molecule has 152 valence electrons. The van der Waals surface area contributed by atoms with Crippen LogP contribution in [0.1, 0.15) is 34.1 Å². The minimum absolute atomic E-state index is 0.0615. The van der Waals surface area contributed by atoms with Crippen LogP contribution in [-0.2, 0) is 19.6 Å². The maximum Gasteiger partial charge on any atom is 0.341 e. The average molecular weight is 445 g/mol. The largest absolute Gasteiger partial charge is 0.462 e. The number of esters is 1. The van der Waals surface area contributed by atoms with Crippen LogP contribution in [-0.4, -0.2) is 33.4 Å². The van der Waals surface area contributed by atoms with Gasteiger partial charge in [0.2, 0.25) is 15.9 Å². The number of rotatable bonds is 8. The van der Waals surface area contributed by atoms with Crippen LogP contribution in [0.2, 0.25) is 5.02 Å². The van der Waals surface area contributed by atoms with E-state index in [-0.39, 0.29) is 24.5 Å². The van der Waals surface area contributed by atoms with E-state index in [0.717, 1.165) is 10.4 Å². The van der Waals surface area contributed by atoms with Crippen LogP contribution < -0.4 is 10.0 Å². The zero-order valence-electron chi connectivity index (χ0n) is 15.7. The minimum Gasteiger partial charge on any atom is -0.462 e. The Morgan fingerprint density at radius 3 is 2.43 bits per heavy atom. The average Bonchev–Trinajstić information content (AvgIpc) is 2.89. The lowest BCUT2D eigenvalue weighted by atomic mass is 10.1. The number of anilines is 1. The van der Waals surface area contributed by atoms with Gasteiger partial charge in [0.25, 0.3) is 0 Å². The molecule has 2 rings (SSSR count). The van der Waals surface area contributed by atoms with Crippen LogP contribution in [0.3, 0.4) is 0 Å². The number of thiophene rings is 1. The molecule has 0 aliphatic carbocycles. The highest BCUT2D eigenvalue weighted by atomic mass is 35.5. The zero-order chi connectivity index (χ0) is 20.9. The molecule has 2 aromatic rings. The lowest BCUT2D eigenvalue weighted by Gasteiger charge is -2.08. The molecule has 0 saturated carbocycles. The molecule has 0 radical (unpaired) electrons. The molecular weight excluding hydrogens is 424 g/mol. The molecule has 0 aliphatic rings. The van der Waals surface area contributed by atoms with Gasteiger partial charge in [0.05, 0.1) is 17.1 Å². The van der Waals surface area contributed by atoms with Gasteiger partial charge in [-0.05, 0) is 50.6 Å². The lowest BCUT2D eigenvalue weighted by molar-refractivity contribution is -0.116. The molecule has 0 atom stereocenters. The fourth-order valence-corrected chi connectivity index (χ4v) is 4.57. The first-order valence-electron chi connectivity index (χ1n) is 8.48. The summed E-state index contributed by atoms with van der Waals surface area (Å²) in [7, 11) is -3.74.